The van der Waals surface area contributed by atoms with Crippen LogP contribution in [0.1, 0.15) is 12.8 Å². The van der Waals surface area contributed by atoms with Crippen molar-refractivity contribution in [3.05, 3.63) is 30.7 Å². The lowest BCUT2D eigenvalue weighted by Gasteiger charge is -2.24. The van der Waals surface area contributed by atoms with Crippen LogP contribution < -0.4 is 5.32 Å². The molecule has 1 aliphatic heterocycles. The van der Waals surface area contributed by atoms with Gasteiger partial charge in [0.05, 0.1) is 11.2 Å². The van der Waals surface area contributed by atoms with E-state index >= 15 is 0 Å². The van der Waals surface area contributed by atoms with Gasteiger partial charge in [0.1, 0.15) is 6.54 Å². The van der Waals surface area contributed by atoms with Crippen LogP contribution >= 0.6 is 0 Å². The molecule has 3 aromatic rings. The zero-order valence-electron chi connectivity index (χ0n) is 13.8. The molecule has 138 valence electrons. The largest absolute Gasteiger partial charge is 0.406 e. The van der Waals surface area contributed by atoms with Gasteiger partial charge in [-0.1, -0.05) is 11.2 Å². The highest BCUT2D eigenvalue weighted by Gasteiger charge is 2.31. The molecule has 0 amide bonds. The summed E-state index contributed by atoms with van der Waals surface area (Å²) in [5, 5.41) is 7.84. The Morgan fingerprint density at radius 3 is 2.73 bits per heavy atom. The molecule has 3 heterocycles. The second-order valence-corrected chi connectivity index (χ2v) is 6.26. The second-order valence-electron chi connectivity index (χ2n) is 6.26. The van der Waals surface area contributed by atoms with Crippen LogP contribution in [0, 0.1) is 0 Å². The molecule has 1 N–H and O–H groups in total. The standard InChI is InChI=1S/C17H17F3N4O2/c18-17(19,20)9-24-14-3-1-2-13(22-11-4-6-25-7-5-11)12(14)8-15(24)16-21-10-26-23-16/h1-3,8,10-11,22H,4-7,9H2. The molecule has 2 aromatic heterocycles. The van der Waals surface area contributed by atoms with E-state index in [0.717, 1.165) is 24.9 Å². The van der Waals surface area contributed by atoms with E-state index in [1.165, 1.54) is 4.57 Å². The Bertz CT molecular complexity index is 883. The SMILES string of the molecule is FC(F)(F)Cn1c(-c2ncon2)cc2c(NC3CCOCC3)cccc21. The molecule has 1 fully saturated rings. The van der Waals surface area contributed by atoms with Crippen LogP contribution in [0.25, 0.3) is 22.4 Å². The molecule has 0 unspecified atom stereocenters. The topological polar surface area (TPSA) is 65.1 Å². The quantitative estimate of drug-likeness (QED) is 0.760. The summed E-state index contributed by atoms with van der Waals surface area (Å²) >= 11 is 0. The molecular formula is C17H17F3N4O2. The molecule has 26 heavy (non-hydrogen) atoms. The van der Waals surface area contributed by atoms with Gasteiger partial charge in [0, 0.05) is 30.3 Å². The molecule has 0 atom stereocenters. The van der Waals surface area contributed by atoms with E-state index in [1.54, 1.807) is 18.2 Å². The van der Waals surface area contributed by atoms with Gasteiger partial charge in [-0.3, -0.25) is 0 Å². The maximum absolute atomic E-state index is 13.1. The normalized spacial score (nSPS) is 16.3. The predicted octanol–water partition coefficient (Wildman–Crippen LogP) is 3.84. The average Bonchev–Trinajstić information content (AvgIpc) is 3.24. The fourth-order valence-corrected chi connectivity index (χ4v) is 3.29. The molecule has 9 heteroatoms. The summed E-state index contributed by atoms with van der Waals surface area (Å²) in [5.74, 6) is 0.127. The third-order valence-corrected chi connectivity index (χ3v) is 4.45. The molecule has 1 aromatic carbocycles. The Morgan fingerprint density at radius 1 is 1.23 bits per heavy atom. The van der Waals surface area contributed by atoms with Crippen LogP contribution in [0.5, 0.6) is 0 Å². The minimum atomic E-state index is -4.37. The van der Waals surface area contributed by atoms with Gasteiger partial charge in [0.15, 0.2) is 0 Å². The highest BCUT2D eigenvalue weighted by molar-refractivity contribution is 5.96. The summed E-state index contributed by atoms with van der Waals surface area (Å²) in [5.41, 5.74) is 1.53. The summed E-state index contributed by atoms with van der Waals surface area (Å²) < 4.78 is 50.6. The molecule has 0 saturated carbocycles. The van der Waals surface area contributed by atoms with E-state index in [9.17, 15) is 13.2 Å². The first-order valence-electron chi connectivity index (χ1n) is 8.31. The number of rotatable bonds is 4. The van der Waals surface area contributed by atoms with Crippen LogP contribution in [0.3, 0.4) is 0 Å². The Kier molecular flexibility index (Phi) is 4.31. The van der Waals surface area contributed by atoms with E-state index in [0.29, 0.717) is 24.1 Å². The van der Waals surface area contributed by atoms with Crippen LogP contribution in [-0.2, 0) is 11.3 Å². The molecule has 6 nitrogen and oxygen atoms in total. The minimum absolute atomic E-state index is 0.127. The van der Waals surface area contributed by atoms with Gasteiger partial charge in [0.25, 0.3) is 0 Å². The molecule has 0 radical (unpaired) electrons. The fraction of sp³-hybridized carbons (Fsp3) is 0.412. The fourth-order valence-electron chi connectivity index (χ4n) is 3.29. The first kappa shape index (κ1) is 16.9. The first-order chi connectivity index (χ1) is 12.5. The minimum Gasteiger partial charge on any atom is -0.382 e. The van der Waals surface area contributed by atoms with Gasteiger partial charge in [-0.2, -0.15) is 18.2 Å². The lowest BCUT2D eigenvalue weighted by Crippen LogP contribution is -2.27. The van der Waals surface area contributed by atoms with E-state index in [4.69, 9.17) is 9.26 Å². The number of fused-ring (bicyclic) bond motifs is 1. The van der Waals surface area contributed by atoms with Crippen molar-refractivity contribution in [2.45, 2.75) is 31.6 Å². The smallest absolute Gasteiger partial charge is 0.382 e. The van der Waals surface area contributed by atoms with Gasteiger partial charge in [-0.05, 0) is 31.0 Å². The number of hydrogen-bond acceptors (Lipinski definition) is 5. The maximum atomic E-state index is 13.1. The van der Waals surface area contributed by atoms with Crippen molar-refractivity contribution < 1.29 is 22.4 Å². The van der Waals surface area contributed by atoms with Crippen molar-refractivity contribution in [2.75, 3.05) is 18.5 Å². The number of ether oxygens (including phenoxy) is 1. The van der Waals surface area contributed by atoms with E-state index in [2.05, 4.69) is 15.5 Å². The summed E-state index contributed by atoms with van der Waals surface area (Å²) in [4.78, 5) is 3.91. The van der Waals surface area contributed by atoms with Crippen LogP contribution in [-0.4, -0.2) is 40.1 Å². The maximum Gasteiger partial charge on any atom is 0.406 e. The number of nitrogens with zero attached hydrogens (tertiary/aromatic N) is 3. The van der Waals surface area contributed by atoms with Crippen LogP contribution in [0.4, 0.5) is 18.9 Å². The summed E-state index contributed by atoms with van der Waals surface area (Å²) in [6.45, 7) is 0.231. The third-order valence-electron chi connectivity index (χ3n) is 4.45. The van der Waals surface area contributed by atoms with E-state index < -0.39 is 12.7 Å². The number of aromatic nitrogens is 3. The Balaban J connectivity index is 1.79. The number of anilines is 1. The Hall–Kier alpha value is -2.55. The molecular weight excluding hydrogens is 349 g/mol. The predicted molar refractivity (Wildman–Crippen MR) is 88.7 cm³/mol. The van der Waals surface area contributed by atoms with Crippen molar-refractivity contribution in [1.29, 1.82) is 0 Å². The highest BCUT2D eigenvalue weighted by Crippen LogP contribution is 2.34. The van der Waals surface area contributed by atoms with Crippen LogP contribution in [0.15, 0.2) is 35.2 Å². The molecule has 4 rings (SSSR count). The van der Waals surface area contributed by atoms with Gasteiger partial charge in [-0.25, -0.2) is 0 Å². The lowest BCUT2D eigenvalue weighted by molar-refractivity contribution is -0.139. The number of benzene rings is 1. The number of alkyl halides is 3. The van der Waals surface area contributed by atoms with E-state index in [1.807, 2.05) is 6.07 Å². The van der Waals surface area contributed by atoms with E-state index in [-0.39, 0.29) is 17.6 Å². The van der Waals surface area contributed by atoms with Crippen molar-refractivity contribution in [3.63, 3.8) is 0 Å². The monoisotopic (exact) mass is 366 g/mol. The molecule has 1 saturated heterocycles. The summed E-state index contributed by atoms with van der Waals surface area (Å²) in [7, 11) is 0. The van der Waals surface area contributed by atoms with Gasteiger partial charge in [0.2, 0.25) is 12.2 Å². The molecule has 0 bridgehead atoms. The number of hydrogen-bond donors (Lipinski definition) is 1. The van der Waals surface area contributed by atoms with Gasteiger partial charge < -0.3 is 19.1 Å². The van der Waals surface area contributed by atoms with Crippen molar-refractivity contribution in [2.24, 2.45) is 0 Å². The average molecular weight is 366 g/mol. The molecule has 1 aliphatic rings. The molecule has 0 spiro atoms. The van der Waals surface area contributed by atoms with Gasteiger partial charge in [-0.15, -0.1) is 0 Å². The Morgan fingerprint density at radius 2 is 2.04 bits per heavy atom. The van der Waals surface area contributed by atoms with Crippen molar-refractivity contribution >= 4 is 16.6 Å². The Labute approximate surface area is 146 Å². The van der Waals surface area contributed by atoms with Gasteiger partial charge >= 0.3 is 6.18 Å². The summed E-state index contributed by atoms with van der Waals surface area (Å²) in [6.07, 6.45) is -1.55. The first-order valence-corrected chi connectivity index (χ1v) is 8.31. The lowest BCUT2D eigenvalue weighted by atomic mass is 10.1. The van der Waals surface area contributed by atoms with Crippen molar-refractivity contribution in [3.8, 4) is 11.5 Å². The summed E-state index contributed by atoms with van der Waals surface area (Å²) in [6, 6.07) is 7.19. The van der Waals surface area contributed by atoms with Crippen LogP contribution in [0.2, 0.25) is 0 Å². The number of nitrogens with one attached hydrogen (secondary N) is 1. The van der Waals surface area contributed by atoms with Crippen molar-refractivity contribution in [1.82, 2.24) is 14.7 Å². The zero-order valence-corrected chi connectivity index (χ0v) is 13.8. The zero-order chi connectivity index (χ0) is 18.1. The second kappa shape index (κ2) is 6.64. The molecule has 0 aliphatic carbocycles. The highest BCUT2D eigenvalue weighted by atomic mass is 19.4. The number of halogens is 3. The third kappa shape index (κ3) is 3.39.